The van der Waals surface area contributed by atoms with E-state index in [9.17, 15) is 4.39 Å². The average Bonchev–Trinajstić information content (AvgIpc) is 2.27. The van der Waals surface area contributed by atoms with Crippen LogP contribution in [0.25, 0.3) is 11.1 Å². The van der Waals surface area contributed by atoms with Crippen molar-refractivity contribution in [2.24, 2.45) is 0 Å². The molecule has 0 saturated heterocycles. The van der Waals surface area contributed by atoms with Gasteiger partial charge >= 0.3 is 0 Å². The highest BCUT2D eigenvalue weighted by Gasteiger charge is 2.02. The predicted octanol–water partition coefficient (Wildman–Crippen LogP) is 2.62. The third kappa shape index (κ3) is 1.07. The van der Waals surface area contributed by atoms with Crippen molar-refractivity contribution in [3.63, 3.8) is 0 Å². The smallest absolute Gasteiger partial charge is 0.293 e. The fraction of sp³-hybridized carbons (Fsp3) is 0. The lowest BCUT2D eigenvalue weighted by Gasteiger charge is -1.84. The monoisotopic (exact) mass is 171 g/mol. The van der Waals surface area contributed by atoms with Crippen molar-refractivity contribution >= 4 is 22.7 Å². The SMILES string of the molecule is Fc1ccc2oc(Cl)nc2c1. The highest BCUT2D eigenvalue weighted by molar-refractivity contribution is 6.28. The van der Waals surface area contributed by atoms with E-state index >= 15 is 0 Å². The van der Waals surface area contributed by atoms with E-state index in [1.807, 2.05) is 0 Å². The maximum atomic E-state index is 12.5. The van der Waals surface area contributed by atoms with Gasteiger partial charge in [0.1, 0.15) is 11.3 Å². The van der Waals surface area contributed by atoms with Gasteiger partial charge in [-0.1, -0.05) is 0 Å². The normalized spacial score (nSPS) is 10.7. The van der Waals surface area contributed by atoms with E-state index in [2.05, 4.69) is 4.98 Å². The summed E-state index contributed by atoms with van der Waals surface area (Å²) < 4.78 is 17.4. The molecule has 1 heterocycles. The molecule has 0 aliphatic carbocycles. The van der Waals surface area contributed by atoms with Crippen LogP contribution in [0.5, 0.6) is 0 Å². The van der Waals surface area contributed by atoms with Crippen LogP contribution >= 0.6 is 11.6 Å². The molecule has 0 unspecified atom stereocenters. The molecule has 0 radical (unpaired) electrons. The number of halogens is 2. The Morgan fingerprint density at radius 2 is 2.27 bits per heavy atom. The molecule has 0 bridgehead atoms. The summed E-state index contributed by atoms with van der Waals surface area (Å²) in [5.41, 5.74) is 0.936. The molecule has 0 N–H and O–H groups in total. The van der Waals surface area contributed by atoms with Crippen LogP contribution in [0.4, 0.5) is 4.39 Å². The van der Waals surface area contributed by atoms with Gasteiger partial charge < -0.3 is 4.42 Å². The second-order valence-corrected chi connectivity index (χ2v) is 2.40. The zero-order valence-electron chi connectivity index (χ0n) is 5.34. The Morgan fingerprint density at radius 1 is 1.45 bits per heavy atom. The fourth-order valence-corrected chi connectivity index (χ4v) is 1.05. The fourth-order valence-electron chi connectivity index (χ4n) is 0.872. The first-order valence-electron chi connectivity index (χ1n) is 2.97. The van der Waals surface area contributed by atoms with Crippen molar-refractivity contribution in [2.75, 3.05) is 0 Å². The first-order valence-corrected chi connectivity index (χ1v) is 3.35. The lowest BCUT2D eigenvalue weighted by molar-refractivity contribution is 0.601. The van der Waals surface area contributed by atoms with Gasteiger partial charge in [-0.05, 0) is 23.7 Å². The van der Waals surface area contributed by atoms with Crippen molar-refractivity contribution < 1.29 is 8.81 Å². The molecule has 4 heteroatoms. The second-order valence-electron chi connectivity index (χ2n) is 2.08. The van der Waals surface area contributed by atoms with Crippen molar-refractivity contribution in [1.82, 2.24) is 4.98 Å². The maximum absolute atomic E-state index is 12.5. The summed E-state index contributed by atoms with van der Waals surface area (Å²) in [5.74, 6) is -0.345. The minimum absolute atomic E-state index is 0.0330. The van der Waals surface area contributed by atoms with E-state index in [1.54, 1.807) is 0 Å². The van der Waals surface area contributed by atoms with Crippen LogP contribution in [0.1, 0.15) is 0 Å². The Balaban J connectivity index is 2.82. The quantitative estimate of drug-likeness (QED) is 0.609. The number of aromatic nitrogens is 1. The number of rotatable bonds is 0. The molecule has 0 fully saturated rings. The van der Waals surface area contributed by atoms with Crippen LogP contribution < -0.4 is 0 Å². The number of nitrogens with zero attached hydrogens (tertiary/aromatic N) is 1. The number of fused-ring (bicyclic) bond motifs is 1. The lowest BCUT2D eigenvalue weighted by atomic mass is 10.3. The number of oxazole rings is 1. The molecule has 0 spiro atoms. The molecule has 2 nitrogen and oxygen atoms in total. The van der Waals surface area contributed by atoms with Crippen molar-refractivity contribution in [1.29, 1.82) is 0 Å². The first-order chi connectivity index (χ1) is 5.25. The van der Waals surface area contributed by atoms with E-state index in [0.717, 1.165) is 0 Å². The molecule has 0 aliphatic heterocycles. The molecule has 2 rings (SSSR count). The topological polar surface area (TPSA) is 26.0 Å². The molecule has 1 aromatic heterocycles. The highest BCUT2D eigenvalue weighted by Crippen LogP contribution is 2.18. The number of hydrogen-bond donors (Lipinski definition) is 0. The zero-order valence-corrected chi connectivity index (χ0v) is 6.10. The molecular weight excluding hydrogens is 169 g/mol. The van der Waals surface area contributed by atoms with Crippen LogP contribution in [-0.4, -0.2) is 4.98 Å². The largest absolute Gasteiger partial charge is 0.428 e. The maximum Gasteiger partial charge on any atom is 0.293 e. The predicted molar refractivity (Wildman–Crippen MR) is 39.0 cm³/mol. The summed E-state index contributed by atoms with van der Waals surface area (Å²) >= 11 is 5.44. The van der Waals surface area contributed by atoms with Crippen molar-refractivity contribution in [3.05, 3.63) is 29.4 Å². The number of benzene rings is 1. The minimum Gasteiger partial charge on any atom is -0.428 e. The van der Waals surface area contributed by atoms with Gasteiger partial charge in [0.25, 0.3) is 5.35 Å². The molecule has 0 amide bonds. The van der Waals surface area contributed by atoms with E-state index in [1.165, 1.54) is 18.2 Å². The molecule has 0 saturated carbocycles. The van der Waals surface area contributed by atoms with Gasteiger partial charge in [-0.2, -0.15) is 4.98 Å². The molecule has 0 aliphatic rings. The molecule has 11 heavy (non-hydrogen) atoms. The summed E-state index contributed by atoms with van der Waals surface area (Å²) in [6.45, 7) is 0. The standard InChI is InChI=1S/C7H3ClFNO/c8-7-10-5-3-4(9)1-2-6(5)11-7/h1-3H. The van der Waals surface area contributed by atoms with Crippen molar-refractivity contribution in [3.8, 4) is 0 Å². The molecule has 56 valence electrons. The van der Waals surface area contributed by atoms with Gasteiger partial charge in [0.05, 0.1) is 0 Å². The summed E-state index contributed by atoms with van der Waals surface area (Å²) in [7, 11) is 0. The van der Waals surface area contributed by atoms with Crippen LogP contribution in [0, 0.1) is 5.82 Å². The summed E-state index contributed by atoms with van der Waals surface area (Å²) in [6, 6.07) is 4.05. The Bertz CT molecular complexity index is 398. The van der Waals surface area contributed by atoms with Gasteiger partial charge in [-0.25, -0.2) is 4.39 Å². The molecule has 2 aromatic rings. The van der Waals surface area contributed by atoms with Crippen LogP contribution in [0.15, 0.2) is 22.6 Å². The highest BCUT2D eigenvalue weighted by atomic mass is 35.5. The average molecular weight is 172 g/mol. The summed E-state index contributed by atoms with van der Waals surface area (Å²) in [5, 5.41) is 0.0330. The van der Waals surface area contributed by atoms with Crippen molar-refractivity contribution in [2.45, 2.75) is 0 Å². The van der Waals surface area contributed by atoms with Gasteiger partial charge in [0, 0.05) is 6.07 Å². The Kier molecular flexibility index (Phi) is 1.32. The van der Waals surface area contributed by atoms with Gasteiger partial charge in [0.2, 0.25) is 0 Å². The Hall–Kier alpha value is -1.09. The molecule has 0 atom stereocenters. The van der Waals surface area contributed by atoms with Crippen LogP contribution in [0.3, 0.4) is 0 Å². The Labute approximate surface area is 66.6 Å². The van der Waals surface area contributed by atoms with E-state index in [-0.39, 0.29) is 11.2 Å². The van der Waals surface area contributed by atoms with Crippen LogP contribution in [-0.2, 0) is 0 Å². The number of hydrogen-bond acceptors (Lipinski definition) is 2. The summed E-state index contributed by atoms with van der Waals surface area (Å²) in [6.07, 6.45) is 0. The summed E-state index contributed by atoms with van der Waals surface area (Å²) in [4.78, 5) is 3.73. The zero-order chi connectivity index (χ0) is 7.84. The molecular formula is C7H3ClFNO. The molecule has 1 aromatic carbocycles. The van der Waals surface area contributed by atoms with E-state index < -0.39 is 0 Å². The van der Waals surface area contributed by atoms with Gasteiger partial charge in [-0.15, -0.1) is 0 Å². The third-order valence-electron chi connectivity index (χ3n) is 1.32. The van der Waals surface area contributed by atoms with Crippen LogP contribution in [0.2, 0.25) is 5.35 Å². The minimum atomic E-state index is -0.345. The van der Waals surface area contributed by atoms with Gasteiger partial charge in [0.15, 0.2) is 5.58 Å². The second kappa shape index (κ2) is 2.20. The lowest BCUT2D eigenvalue weighted by Crippen LogP contribution is -1.71. The third-order valence-corrected chi connectivity index (χ3v) is 1.49. The Morgan fingerprint density at radius 3 is 3.09 bits per heavy atom. The van der Waals surface area contributed by atoms with E-state index in [0.29, 0.717) is 11.1 Å². The van der Waals surface area contributed by atoms with Gasteiger partial charge in [-0.3, -0.25) is 0 Å². The first kappa shape index (κ1) is 6.61. The van der Waals surface area contributed by atoms with E-state index in [4.69, 9.17) is 16.0 Å².